The zero-order valence-corrected chi connectivity index (χ0v) is 19.6. The predicted molar refractivity (Wildman–Crippen MR) is 134 cm³/mol. The molecule has 0 bridgehead atoms. The van der Waals surface area contributed by atoms with E-state index in [0.717, 1.165) is 0 Å². The van der Waals surface area contributed by atoms with Crippen molar-refractivity contribution >= 4 is 36.2 Å². The number of nitrogens with one attached hydrogen (secondary N) is 2. The lowest BCUT2D eigenvalue weighted by molar-refractivity contribution is -0.140. The quantitative estimate of drug-likeness (QED) is 0.203. The third-order valence-corrected chi connectivity index (χ3v) is 4.46. The number of carbonyl (C=O) groups excluding carboxylic acids is 2. The Morgan fingerprint density at radius 1 is 0.684 bits per heavy atom. The van der Waals surface area contributed by atoms with Gasteiger partial charge in [-0.1, -0.05) is 6.07 Å². The Morgan fingerprint density at radius 2 is 1.08 bits per heavy atom. The highest BCUT2D eigenvalue weighted by Crippen LogP contribution is 2.12. The third kappa shape index (κ3) is 8.88. The molecule has 3 rings (SSSR count). The average molecular weight is 519 g/mol. The second kappa shape index (κ2) is 13.5. The number of carboxylic acids is 2. The molecule has 0 atom stereocenters. The average Bonchev–Trinajstić information content (AvgIpc) is 2.92. The van der Waals surface area contributed by atoms with E-state index in [4.69, 9.17) is 19.7 Å². The summed E-state index contributed by atoms with van der Waals surface area (Å²) in [7, 11) is 0. The van der Waals surface area contributed by atoms with Crippen LogP contribution in [0.2, 0.25) is 0 Å². The molecule has 0 aliphatic carbocycles. The van der Waals surface area contributed by atoms with Crippen LogP contribution in [0, 0.1) is 0 Å². The van der Waals surface area contributed by atoms with Gasteiger partial charge in [0.25, 0.3) is 11.8 Å². The normalized spacial score (nSPS) is 10.7. The Kier molecular flexibility index (Phi) is 9.58. The first-order chi connectivity index (χ1) is 18.3. The lowest BCUT2D eigenvalue weighted by atomic mass is 10.2. The minimum atomic E-state index is -1.09. The molecule has 1 aromatic heterocycles. The number of aromatic nitrogens is 1. The number of hydrogen-bond acceptors (Lipinski definition) is 9. The molecule has 13 nitrogen and oxygen atoms in total. The lowest BCUT2D eigenvalue weighted by Gasteiger charge is -2.04. The number of benzene rings is 2. The van der Waals surface area contributed by atoms with Crippen LogP contribution in [0.5, 0.6) is 11.5 Å². The molecule has 0 radical (unpaired) electrons. The number of carboxylic acid groups (broad SMARTS) is 2. The number of pyridine rings is 1. The number of nitrogens with zero attached hydrogens (tertiary/aromatic N) is 3. The topological polar surface area (TPSA) is 189 Å². The molecule has 0 unspecified atom stereocenters. The van der Waals surface area contributed by atoms with Crippen molar-refractivity contribution in [3.63, 3.8) is 0 Å². The van der Waals surface area contributed by atoms with E-state index in [1.807, 2.05) is 0 Å². The number of hydrogen-bond donors (Lipinski definition) is 4. The van der Waals surface area contributed by atoms with Gasteiger partial charge in [-0.25, -0.2) is 25.4 Å². The summed E-state index contributed by atoms with van der Waals surface area (Å²) in [6.45, 7) is -0.914. The number of rotatable bonds is 12. The van der Waals surface area contributed by atoms with Crippen LogP contribution in [0.1, 0.15) is 32.1 Å². The van der Waals surface area contributed by atoms with Gasteiger partial charge in [-0.05, 0) is 71.8 Å². The molecule has 38 heavy (non-hydrogen) atoms. The number of aliphatic carboxylic acids is 2. The Morgan fingerprint density at radius 3 is 1.45 bits per heavy atom. The first-order valence-electron chi connectivity index (χ1n) is 10.8. The first kappa shape index (κ1) is 27.0. The highest BCUT2D eigenvalue weighted by molar-refractivity contribution is 5.97. The van der Waals surface area contributed by atoms with Crippen LogP contribution in [0.4, 0.5) is 0 Å². The minimum absolute atomic E-state index is 0.0480. The van der Waals surface area contributed by atoms with Crippen LogP contribution >= 0.6 is 0 Å². The van der Waals surface area contributed by atoms with Gasteiger partial charge in [0.15, 0.2) is 13.2 Å². The summed E-state index contributed by atoms with van der Waals surface area (Å²) >= 11 is 0. The van der Waals surface area contributed by atoms with Crippen molar-refractivity contribution < 1.29 is 38.9 Å². The lowest BCUT2D eigenvalue weighted by Crippen LogP contribution is -2.23. The smallest absolute Gasteiger partial charge is 0.341 e. The van der Waals surface area contributed by atoms with Crippen LogP contribution < -0.4 is 20.3 Å². The number of ether oxygens (including phenoxy) is 2. The van der Waals surface area contributed by atoms with Crippen LogP contribution in [0.3, 0.4) is 0 Å². The van der Waals surface area contributed by atoms with Gasteiger partial charge >= 0.3 is 11.9 Å². The molecule has 13 heteroatoms. The van der Waals surface area contributed by atoms with E-state index in [2.05, 4.69) is 26.0 Å². The molecule has 0 aliphatic rings. The molecule has 4 N–H and O–H groups in total. The zero-order chi connectivity index (χ0) is 27.3. The molecule has 0 fully saturated rings. The van der Waals surface area contributed by atoms with Crippen LogP contribution in [-0.4, -0.2) is 64.6 Å². The van der Waals surface area contributed by atoms with Crippen LogP contribution in [-0.2, 0) is 9.59 Å². The highest BCUT2D eigenvalue weighted by atomic mass is 16.5. The maximum absolute atomic E-state index is 12.4. The minimum Gasteiger partial charge on any atom is -0.482 e. The molecule has 3 aromatic rings. The summed E-state index contributed by atoms with van der Waals surface area (Å²) in [6.07, 6.45) is 2.74. The Labute approximate surface area is 215 Å². The summed E-state index contributed by atoms with van der Waals surface area (Å²) < 4.78 is 10.1. The van der Waals surface area contributed by atoms with Crippen molar-refractivity contribution in [3.8, 4) is 11.5 Å². The maximum Gasteiger partial charge on any atom is 0.341 e. The number of carbonyl (C=O) groups is 4. The summed E-state index contributed by atoms with van der Waals surface area (Å²) in [5.41, 5.74) is 5.76. The summed E-state index contributed by atoms with van der Waals surface area (Å²) in [5.74, 6) is -2.72. The maximum atomic E-state index is 12.4. The van der Waals surface area contributed by atoms with Gasteiger partial charge in [0.2, 0.25) is 0 Å². The summed E-state index contributed by atoms with van der Waals surface area (Å²) in [6, 6.07) is 17.0. The largest absolute Gasteiger partial charge is 0.482 e. The van der Waals surface area contributed by atoms with Crippen LogP contribution in [0.15, 0.2) is 76.9 Å². The van der Waals surface area contributed by atoms with E-state index in [1.54, 1.807) is 48.5 Å². The molecule has 2 amide bonds. The first-order valence-corrected chi connectivity index (χ1v) is 10.8. The molecular weight excluding hydrogens is 498 g/mol. The van der Waals surface area contributed by atoms with Crippen molar-refractivity contribution in [2.45, 2.75) is 0 Å². The van der Waals surface area contributed by atoms with E-state index in [-0.39, 0.29) is 11.4 Å². The molecule has 0 aliphatic heterocycles. The molecule has 194 valence electrons. The van der Waals surface area contributed by atoms with Gasteiger partial charge in [-0.3, -0.25) is 9.59 Å². The number of amides is 2. The van der Waals surface area contributed by atoms with Crippen molar-refractivity contribution in [2.75, 3.05) is 13.2 Å². The van der Waals surface area contributed by atoms with Gasteiger partial charge in [0.1, 0.15) is 22.9 Å². The fourth-order valence-corrected chi connectivity index (χ4v) is 2.72. The second-order valence-electron chi connectivity index (χ2n) is 7.31. The molecule has 0 saturated heterocycles. The summed E-state index contributed by atoms with van der Waals surface area (Å²) in [4.78, 5) is 49.8. The Hall–Kier alpha value is -5.59. The van der Waals surface area contributed by atoms with Crippen molar-refractivity contribution in [3.05, 3.63) is 89.2 Å². The molecule has 0 spiro atoms. The SMILES string of the molecule is O=C(O)COc1ccc(/C=N\NC(=O)c2cccc(C(=O)N/N=C\c3ccc(OCC(=O)O)cc3)n2)cc1. The standard InChI is InChI=1S/C25H21N5O8/c31-22(32)14-37-18-8-4-16(5-9-18)12-26-29-24(35)20-2-1-3-21(28-20)25(36)30-27-13-17-6-10-19(11-7-17)38-15-23(33)34/h1-13H,14-15H2,(H,29,35)(H,30,36)(H,31,32)(H,33,34)/b26-12-,27-13-. The fraction of sp³-hybridized carbons (Fsp3) is 0.0800. The third-order valence-electron chi connectivity index (χ3n) is 4.46. The monoisotopic (exact) mass is 519 g/mol. The summed E-state index contributed by atoms with van der Waals surface area (Å²) in [5, 5.41) is 24.9. The van der Waals surface area contributed by atoms with Crippen molar-refractivity contribution in [2.24, 2.45) is 10.2 Å². The Balaban J connectivity index is 1.51. The van der Waals surface area contributed by atoms with Crippen molar-refractivity contribution in [1.82, 2.24) is 15.8 Å². The predicted octanol–water partition coefficient (Wildman–Crippen LogP) is 1.54. The fourth-order valence-electron chi connectivity index (χ4n) is 2.72. The van der Waals surface area contributed by atoms with E-state index in [9.17, 15) is 19.2 Å². The molecule has 2 aromatic carbocycles. The second-order valence-corrected chi connectivity index (χ2v) is 7.31. The van der Waals surface area contributed by atoms with E-state index in [1.165, 1.54) is 30.6 Å². The van der Waals surface area contributed by atoms with E-state index in [0.29, 0.717) is 22.6 Å². The number of hydrazone groups is 2. The van der Waals surface area contributed by atoms with Crippen molar-refractivity contribution in [1.29, 1.82) is 0 Å². The van der Waals surface area contributed by atoms with E-state index >= 15 is 0 Å². The van der Waals surface area contributed by atoms with Gasteiger partial charge < -0.3 is 19.7 Å². The molecule has 1 heterocycles. The van der Waals surface area contributed by atoms with Crippen LogP contribution in [0.25, 0.3) is 0 Å². The Bertz CT molecular complexity index is 1250. The van der Waals surface area contributed by atoms with E-state index < -0.39 is 37.0 Å². The molecular formula is C25H21N5O8. The van der Waals surface area contributed by atoms with Gasteiger partial charge in [-0.15, -0.1) is 0 Å². The van der Waals surface area contributed by atoms with Gasteiger partial charge in [0.05, 0.1) is 12.4 Å². The van der Waals surface area contributed by atoms with Gasteiger partial charge in [-0.2, -0.15) is 10.2 Å². The van der Waals surface area contributed by atoms with Gasteiger partial charge in [0, 0.05) is 0 Å². The highest BCUT2D eigenvalue weighted by Gasteiger charge is 2.11. The molecule has 0 saturated carbocycles. The zero-order valence-electron chi connectivity index (χ0n) is 19.6.